The summed E-state index contributed by atoms with van der Waals surface area (Å²) in [5.41, 5.74) is 4.22. The second kappa shape index (κ2) is 7.39. The van der Waals surface area contributed by atoms with E-state index in [0.29, 0.717) is 24.1 Å². The van der Waals surface area contributed by atoms with Crippen molar-refractivity contribution >= 4 is 34.9 Å². The van der Waals surface area contributed by atoms with Gasteiger partial charge in [-0.3, -0.25) is 9.59 Å². The van der Waals surface area contributed by atoms with Crippen LogP contribution in [0.2, 0.25) is 0 Å². The normalized spacial score (nSPS) is 18.4. The van der Waals surface area contributed by atoms with E-state index >= 15 is 0 Å². The SMILES string of the molecule is COC(=O)c1ccc(/C=N\N2CC(=O)N3Cc4[nH]c5ccccc5c4C[C@H]3C2=O)cc1. The number of aromatic amines is 1. The topological polar surface area (TPSA) is 95.1 Å². The van der Waals surface area contributed by atoms with Crippen LogP contribution in [0.4, 0.5) is 0 Å². The molecule has 1 atom stereocenters. The minimum absolute atomic E-state index is 0.0956. The molecule has 0 unspecified atom stereocenters. The van der Waals surface area contributed by atoms with Gasteiger partial charge in [0.05, 0.1) is 25.4 Å². The summed E-state index contributed by atoms with van der Waals surface area (Å²) in [7, 11) is 1.32. The highest BCUT2D eigenvalue weighted by Gasteiger charge is 2.43. The van der Waals surface area contributed by atoms with Crippen LogP contribution in [0, 0.1) is 0 Å². The fraction of sp³-hybridized carbons (Fsp3) is 0.217. The number of fused-ring (bicyclic) bond motifs is 4. The second-order valence-corrected chi connectivity index (χ2v) is 7.62. The van der Waals surface area contributed by atoms with Crippen LogP contribution >= 0.6 is 0 Å². The van der Waals surface area contributed by atoms with Crippen molar-refractivity contribution in [2.45, 2.75) is 19.0 Å². The third kappa shape index (κ3) is 3.26. The summed E-state index contributed by atoms with van der Waals surface area (Å²) in [4.78, 5) is 42.4. The zero-order chi connectivity index (χ0) is 21.5. The van der Waals surface area contributed by atoms with E-state index < -0.39 is 12.0 Å². The molecule has 8 nitrogen and oxygen atoms in total. The van der Waals surface area contributed by atoms with Gasteiger partial charge in [0.15, 0.2) is 0 Å². The van der Waals surface area contributed by atoms with E-state index in [4.69, 9.17) is 0 Å². The number of hydrogen-bond donors (Lipinski definition) is 1. The Labute approximate surface area is 178 Å². The minimum atomic E-state index is -0.563. The van der Waals surface area contributed by atoms with Gasteiger partial charge in [-0.2, -0.15) is 5.10 Å². The number of hydrazone groups is 1. The number of carbonyl (C=O) groups excluding carboxylic acids is 3. The lowest BCUT2D eigenvalue weighted by molar-refractivity contribution is -0.157. The van der Waals surface area contributed by atoms with Crippen molar-refractivity contribution in [3.63, 3.8) is 0 Å². The molecular formula is C23H20N4O4. The molecule has 1 fully saturated rings. The Balaban J connectivity index is 1.38. The van der Waals surface area contributed by atoms with E-state index in [1.54, 1.807) is 29.2 Å². The van der Waals surface area contributed by atoms with Crippen molar-refractivity contribution in [2.75, 3.05) is 13.7 Å². The van der Waals surface area contributed by atoms with Gasteiger partial charge >= 0.3 is 5.97 Å². The number of methoxy groups -OCH3 is 1. The summed E-state index contributed by atoms with van der Waals surface area (Å²) in [6, 6.07) is 14.1. The Morgan fingerprint density at radius 3 is 2.68 bits per heavy atom. The van der Waals surface area contributed by atoms with Crippen LogP contribution < -0.4 is 0 Å². The van der Waals surface area contributed by atoms with Gasteiger partial charge < -0.3 is 14.6 Å². The summed E-state index contributed by atoms with van der Waals surface area (Å²) in [5, 5.41) is 6.58. The number of hydrogen-bond acceptors (Lipinski definition) is 5. The van der Waals surface area contributed by atoms with Gasteiger partial charge in [-0.05, 0) is 29.3 Å². The van der Waals surface area contributed by atoms with Crippen LogP contribution in [0.5, 0.6) is 0 Å². The van der Waals surface area contributed by atoms with Crippen LogP contribution in [0.25, 0.3) is 10.9 Å². The molecule has 2 aliphatic heterocycles. The van der Waals surface area contributed by atoms with Crippen molar-refractivity contribution in [3.05, 3.63) is 70.9 Å². The molecule has 31 heavy (non-hydrogen) atoms. The lowest BCUT2D eigenvalue weighted by atomic mass is 9.94. The molecule has 1 aromatic heterocycles. The van der Waals surface area contributed by atoms with Gasteiger partial charge in [0.1, 0.15) is 12.6 Å². The van der Waals surface area contributed by atoms with Crippen LogP contribution in [0.15, 0.2) is 53.6 Å². The van der Waals surface area contributed by atoms with E-state index in [2.05, 4.69) is 14.8 Å². The molecule has 0 aliphatic carbocycles. The Hall–Kier alpha value is -3.94. The summed E-state index contributed by atoms with van der Waals surface area (Å²) in [6.45, 7) is 0.299. The van der Waals surface area contributed by atoms with Gasteiger partial charge in [0.25, 0.3) is 5.91 Å². The predicted octanol–water partition coefficient (Wildman–Crippen LogP) is 2.08. The number of esters is 1. The van der Waals surface area contributed by atoms with Crippen molar-refractivity contribution in [1.82, 2.24) is 14.9 Å². The van der Waals surface area contributed by atoms with Gasteiger partial charge in [-0.25, -0.2) is 9.80 Å². The average molecular weight is 416 g/mol. The summed E-state index contributed by atoms with van der Waals surface area (Å²) in [6.07, 6.45) is 1.98. The largest absolute Gasteiger partial charge is 0.465 e. The number of ether oxygens (including phenoxy) is 1. The van der Waals surface area contributed by atoms with Gasteiger partial charge in [-0.15, -0.1) is 0 Å². The van der Waals surface area contributed by atoms with Crippen molar-refractivity contribution in [1.29, 1.82) is 0 Å². The zero-order valence-electron chi connectivity index (χ0n) is 16.9. The summed E-state index contributed by atoms with van der Waals surface area (Å²) < 4.78 is 4.68. The Bertz CT molecular complexity index is 1230. The van der Waals surface area contributed by atoms with Gasteiger partial charge in [0, 0.05) is 23.0 Å². The number of amides is 2. The van der Waals surface area contributed by atoms with Crippen LogP contribution in [-0.2, 0) is 27.3 Å². The van der Waals surface area contributed by atoms with Gasteiger partial charge in [0.2, 0.25) is 5.91 Å². The number of rotatable bonds is 3. The van der Waals surface area contributed by atoms with Crippen LogP contribution in [0.1, 0.15) is 27.2 Å². The van der Waals surface area contributed by atoms with Gasteiger partial charge in [-0.1, -0.05) is 30.3 Å². The number of nitrogens with one attached hydrogen (secondary N) is 1. The molecule has 1 N–H and O–H groups in total. The Kier molecular flexibility index (Phi) is 4.54. The quantitative estimate of drug-likeness (QED) is 0.522. The molecule has 156 valence electrons. The van der Waals surface area contributed by atoms with Crippen molar-refractivity contribution in [2.24, 2.45) is 5.10 Å². The maximum absolute atomic E-state index is 13.1. The molecular weight excluding hydrogens is 396 g/mol. The zero-order valence-corrected chi connectivity index (χ0v) is 16.9. The van der Waals surface area contributed by atoms with Crippen molar-refractivity contribution in [3.8, 4) is 0 Å². The molecule has 5 rings (SSSR count). The van der Waals surface area contributed by atoms with Crippen LogP contribution in [0.3, 0.4) is 0 Å². The number of aromatic nitrogens is 1. The van der Waals surface area contributed by atoms with E-state index in [0.717, 1.165) is 22.2 Å². The molecule has 3 aromatic rings. The van der Waals surface area contributed by atoms with E-state index in [1.165, 1.54) is 18.3 Å². The first-order chi connectivity index (χ1) is 15.0. The average Bonchev–Trinajstić information content (AvgIpc) is 3.17. The third-order valence-electron chi connectivity index (χ3n) is 5.83. The lowest BCUT2D eigenvalue weighted by Gasteiger charge is -2.40. The van der Waals surface area contributed by atoms with E-state index in [-0.39, 0.29) is 18.4 Å². The number of carbonyl (C=O) groups is 3. The first-order valence-corrected chi connectivity index (χ1v) is 9.97. The molecule has 0 spiro atoms. The summed E-state index contributed by atoms with van der Waals surface area (Å²) in [5.74, 6) is -0.751. The lowest BCUT2D eigenvalue weighted by Crippen LogP contribution is -2.60. The Morgan fingerprint density at radius 1 is 1.13 bits per heavy atom. The third-order valence-corrected chi connectivity index (χ3v) is 5.83. The minimum Gasteiger partial charge on any atom is -0.465 e. The predicted molar refractivity (Wildman–Crippen MR) is 113 cm³/mol. The highest BCUT2D eigenvalue weighted by molar-refractivity contribution is 5.97. The highest BCUT2D eigenvalue weighted by Crippen LogP contribution is 2.32. The fourth-order valence-electron chi connectivity index (χ4n) is 4.22. The number of piperazine rings is 1. The molecule has 0 radical (unpaired) electrons. The second-order valence-electron chi connectivity index (χ2n) is 7.62. The molecule has 1 saturated heterocycles. The number of para-hydroxylation sites is 1. The monoisotopic (exact) mass is 416 g/mol. The first-order valence-electron chi connectivity index (χ1n) is 9.97. The fourth-order valence-corrected chi connectivity index (χ4v) is 4.22. The Morgan fingerprint density at radius 2 is 1.90 bits per heavy atom. The number of benzene rings is 2. The first kappa shape index (κ1) is 19.0. The molecule has 8 heteroatoms. The molecule has 0 bridgehead atoms. The van der Waals surface area contributed by atoms with E-state index in [9.17, 15) is 14.4 Å². The summed E-state index contributed by atoms with van der Waals surface area (Å²) >= 11 is 0. The highest BCUT2D eigenvalue weighted by atomic mass is 16.5. The molecule has 0 saturated carbocycles. The van der Waals surface area contributed by atoms with Crippen molar-refractivity contribution < 1.29 is 19.1 Å². The van der Waals surface area contributed by atoms with Crippen LogP contribution in [-0.4, -0.2) is 58.6 Å². The smallest absolute Gasteiger partial charge is 0.337 e. The molecule has 2 aliphatic rings. The maximum atomic E-state index is 13.1. The standard InChI is InChI=1S/C23H20N4O4/c1-31-23(30)15-8-6-14(7-9-15)11-24-27-13-21(28)26-12-19-17(10-20(26)22(27)29)16-4-2-3-5-18(16)25-19/h2-9,11,20,25H,10,12-13H2,1H3/b24-11-/t20-/m0/s1. The van der Waals surface area contributed by atoms with E-state index in [1.807, 2.05) is 24.3 Å². The maximum Gasteiger partial charge on any atom is 0.337 e. The molecule has 3 heterocycles. The number of H-pyrrole nitrogens is 1. The molecule has 2 amide bonds. The molecule has 2 aromatic carbocycles. The number of nitrogens with zero attached hydrogens (tertiary/aromatic N) is 3.